The molecule has 0 unspecified atom stereocenters. The third kappa shape index (κ3) is 2.52. The summed E-state index contributed by atoms with van der Waals surface area (Å²) in [4.78, 5) is 0. The van der Waals surface area contributed by atoms with E-state index < -0.39 is 0 Å². The van der Waals surface area contributed by atoms with E-state index in [9.17, 15) is 0 Å². The highest BCUT2D eigenvalue weighted by molar-refractivity contribution is 5.92. The Morgan fingerprint density at radius 2 is 1.53 bits per heavy atom. The molecule has 0 spiro atoms. The highest BCUT2D eigenvalue weighted by Gasteiger charge is 1.98. The Morgan fingerprint density at radius 1 is 0.737 bits per heavy atom. The minimum Gasteiger partial charge on any atom is -0.151 e. The van der Waals surface area contributed by atoms with Crippen LogP contribution in [0, 0.1) is 6.92 Å². The molecule has 0 aliphatic rings. The summed E-state index contributed by atoms with van der Waals surface area (Å²) in [5.41, 5.74) is 2.97. The molecular formula is C17H14N2. The van der Waals surface area contributed by atoms with Gasteiger partial charge in [0.05, 0.1) is 11.4 Å². The zero-order chi connectivity index (χ0) is 13.1. The quantitative estimate of drug-likeness (QED) is 0.528. The Hall–Kier alpha value is -2.48. The maximum Gasteiger partial charge on any atom is 0.0935 e. The van der Waals surface area contributed by atoms with Gasteiger partial charge in [0.1, 0.15) is 0 Å². The second kappa shape index (κ2) is 5.02. The smallest absolute Gasteiger partial charge is 0.0935 e. The van der Waals surface area contributed by atoms with Crippen molar-refractivity contribution in [3.05, 3.63) is 72.3 Å². The van der Waals surface area contributed by atoms with Crippen molar-refractivity contribution < 1.29 is 0 Å². The van der Waals surface area contributed by atoms with Gasteiger partial charge in [-0.05, 0) is 36.1 Å². The Balaban J connectivity index is 2.02. The van der Waals surface area contributed by atoms with Crippen molar-refractivity contribution in [2.75, 3.05) is 0 Å². The second-order valence-corrected chi connectivity index (χ2v) is 4.54. The first-order chi connectivity index (χ1) is 9.33. The summed E-state index contributed by atoms with van der Waals surface area (Å²) in [6, 6.07) is 22.3. The van der Waals surface area contributed by atoms with E-state index in [1.807, 2.05) is 42.5 Å². The average molecular weight is 246 g/mol. The number of azo groups is 1. The molecule has 3 aromatic rings. The Kier molecular flexibility index (Phi) is 3.07. The van der Waals surface area contributed by atoms with E-state index in [1.54, 1.807) is 0 Å². The maximum absolute atomic E-state index is 4.37. The van der Waals surface area contributed by atoms with E-state index in [1.165, 1.54) is 10.9 Å². The third-order valence-corrected chi connectivity index (χ3v) is 3.04. The van der Waals surface area contributed by atoms with Crippen LogP contribution in [0.4, 0.5) is 11.4 Å². The first-order valence-corrected chi connectivity index (χ1v) is 6.29. The normalized spacial score (nSPS) is 11.2. The summed E-state index contributed by atoms with van der Waals surface area (Å²) in [6.07, 6.45) is 0. The van der Waals surface area contributed by atoms with Crippen LogP contribution in [0.5, 0.6) is 0 Å². The van der Waals surface area contributed by atoms with E-state index in [4.69, 9.17) is 0 Å². The molecule has 0 bridgehead atoms. The van der Waals surface area contributed by atoms with Crippen LogP contribution in [0.3, 0.4) is 0 Å². The number of hydrogen-bond acceptors (Lipinski definition) is 2. The van der Waals surface area contributed by atoms with E-state index in [2.05, 4.69) is 41.4 Å². The fraction of sp³-hybridized carbons (Fsp3) is 0.0588. The molecule has 0 aliphatic carbocycles. The van der Waals surface area contributed by atoms with Gasteiger partial charge < -0.3 is 0 Å². The van der Waals surface area contributed by atoms with E-state index in [-0.39, 0.29) is 0 Å². The van der Waals surface area contributed by atoms with Crippen LogP contribution in [0.1, 0.15) is 5.56 Å². The van der Waals surface area contributed by atoms with Gasteiger partial charge in [-0.1, -0.05) is 48.5 Å². The standard InChI is InChI=1S/C17H14N2/c1-13-6-4-9-15(12-13)18-19-17-11-5-8-14-7-2-3-10-16(14)17/h2-12H,1H3. The zero-order valence-corrected chi connectivity index (χ0v) is 10.7. The van der Waals surface area contributed by atoms with Crippen molar-refractivity contribution in [3.8, 4) is 0 Å². The van der Waals surface area contributed by atoms with E-state index >= 15 is 0 Å². The summed E-state index contributed by atoms with van der Waals surface area (Å²) in [7, 11) is 0. The Morgan fingerprint density at radius 3 is 2.42 bits per heavy atom. The minimum atomic E-state index is 0.882. The van der Waals surface area contributed by atoms with Gasteiger partial charge in [0.15, 0.2) is 0 Å². The van der Waals surface area contributed by atoms with Gasteiger partial charge in [-0.2, -0.15) is 5.11 Å². The van der Waals surface area contributed by atoms with Gasteiger partial charge in [0.2, 0.25) is 0 Å². The highest BCUT2D eigenvalue weighted by Crippen LogP contribution is 2.27. The molecule has 0 saturated heterocycles. The van der Waals surface area contributed by atoms with Crippen LogP contribution in [-0.4, -0.2) is 0 Å². The molecule has 0 heterocycles. The topological polar surface area (TPSA) is 24.7 Å². The lowest BCUT2D eigenvalue weighted by Gasteiger charge is -2.00. The molecule has 3 aromatic carbocycles. The molecular weight excluding hydrogens is 232 g/mol. The maximum atomic E-state index is 4.37. The number of benzene rings is 3. The first-order valence-electron chi connectivity index (χ1n) is 6.29. The molecule has 0 aromatic heterocycles. The fourth-order valence-electron chi connectivity index (χ4n) is 2.10. The SMILES string of the molecule is Cc1cccc(N=Nc2cccc3ccccc23)c1. The second-order valence-electron chi connectivity index (χ2n) is 4.54. The molecule has 0 amide bonds. The molecule has 0 fully saturated rings. The molecule has 0 radical (unpaired) electrons. The van der Waals surface area contributed by atoms with Crippen LogP contribution in [0.2, 0.25) is 0 Å². The van der Waals surface area contributed by atoms with Crippen LogP contribution in [-0.2, 0) is 0 Å². The predicted octanol–water partition coefficient (Wildman–Crippen LogP) is 5.56. The number of rotatable bonds is 2. The van der Waals surface area contributed by atoms with Crippen LogP contribution < -0.4 is 0 Å². The zero-order valence-electron chi connectivity index (χ0n) is 10.7. The van der Waals surface area contributed by atoms with Crippen molar-refractivity contribution in [2.45, 2.75) is 6.92 Å². The van der Waals surface area contributed by atoms with E-state index in [0.717, 1.165) is 16.8 Å². The molecule has 19 heavy (non-hydrogen) atoms. The first kappa shape index (κ1) is 11.6. The lowest BCUT2D eigenvalue weighted by Crippen LogP contribution is -1.72. The molecule has 0 atom stereocenters. The van der Waals surface area contributed by atoms with Crippen LogP contribution in [0.15, 0.2) is 77.0 Å². The summed E-state index contributed by atoms with van der Waals surface area (Å²) in [5, 5.41) is 11.0. The molecule has 2 heteroatoms. The van der Waals surface area contributed by atoms with Crippen molar-refractivity contribution >= 4 is 22.1 Å². The average Bonchev–Trinajstić information content (AvgIpc) is 2.45. The minimum absolute atomic E-state index is 0.882. The van der Waals surface area contributed by atoms with Crippen molar-refractivity contribution in [2.24, 2.45) is 10.2 Å². The summed E-state index contributed by atoms with van der Waals surface area (Å²) in [5.74, 6) is 0. The lowest BCUT2D eigenvalue weighted by molar-refractivity contribution is 1.23. The molecule has 0 aliphatic heterocycles. The Labute approximate surface area is 112 Å². The third-order valence-electron chi connectivity index (χ3n) is 3.04. The van der Waals surface area contributed by atoms with Gasteiger partial charge >= 0.3 is 0 Å². The van der Waals surface area contributed by atoms with Crippen LogP contribution in [0.25, 0.3) is 10.8 Å². The van der Waals surface area contributed by atoms with Gasteiger partial charge in [-0.3, -0.25) is 0 Å². The van der Waals surface area contributed by atoms with Gasteiger partial charge in [0, 0.05) is 5.39 Å². The monoisotopic (exact) mass is 246 g/mol. The molecule has 2 nitrogen and oxygen atoms in total. The van der Waals surface area contributed by atoms with Crippen LogP contribution >= 0.6 is 0 Å². The molecule has 0 saturated carbocycles. The lowest BCUT2D eigenvalue weighted by atomic mass is 10.1. The fourth-order valence-corrected chi connectivity index (χ4v) is 2.10. The highest BCUT2D eigenvalue weighted by atomic mass is 15.1. The summed E-state index contributed by atoms with van der Waals surface area (Å²) < 4.78 is 0. The van der Waals surface area contributed by atoms with Crippen molar-refractivity contribution in [1.82, 2.24) is 0 Å². The van der Waals surface area contributed by atoms with Crippen molar-refractivity contribution in [3.63, 3.8) is 0 Å². The predicted molar refractivity (Wildman–Crippen MR) is 79.3 cm³/mol. The molecule has 3 rings (SSSR count). The molecule has 92 valence electrons. The Bertz CT molecular complexity index is 740. The number of aryl methyl sites for hydroxylation is 1. The van der Waals surface area contributed by atoms with E-state index in [0.29, 0.717) is 0 Å². The number of fused-ring (bicyclic) bond motifs is 1. The number of hydrogen-bond donors (Lipinski definition) is 0. The van der Waals surface area contributed by atoms with Gasteiger partial charge in [-0.25, -0.2) is 0 Å². The van der Waals surface area contributed by atoms with Gasteiger partial charge in [-0.15, -0.1) is 5.11 Å². The summed E-state index contributed by atoms with van der Waals surface area (Å²) in [6.45, 7) is 2.05. The van der Waals surface area contributed by atoms with Gasteiger partial charge in [0.25, 0.3) is 0 Å². The largest absolute Gasteiger partial charge is 0.151 e. The van der Waals surface area contributed by atoms with Crippen molar-refractivity contribution in [1.29, 1.82) is 0 Å². The number of nitrogens with zero attached hydrogens (tertiary/aromatic N) is 2. The summed E-state index contributed by atoms with van der Waals surface area (Å²) >= 11 is 0. The molecule has 0 N–H and O–H groups in total.